The van der Waals surface area contributed by atoms with Gasteiger partial charge >= 0.3 is 17.1 Å². The predicted octanol–water partition coefficient (Wildman–Crippen LogP) is -0.928. The van der Waals surface area contributed by atoms with Gasteiger partial charge in [0.2, 0.25) is 10.4 Å². The zero-order valence-electron chi connectivity index (χ0n) is 28.2. The van der Waals surface area contributed by atoms with E-state index < -0.39 is 125 Å². The van der Waals surface area contributed by atoms with Crippen LogP contribution in [0.2, 0.25) is 0 Å². The Bertz CT molecular complexity index is 2890. The molecule has 0 fully saturated rings. The Morgan fingerprint density at radius 1 is 0.845 bits per heavy atom. The molecule has 58 heavy (non-hydrogen) atoms. The van der Waals surface area contributed by atoms with E-state index in [-0.39, 0.29) is 33.8 Å². The van der Waals surface area contributed by atoms with Crippen molar-refractivity contribution in [3.8, 4) is 17.2 Å². The van der Waals surface area contributed by atoms with Gasteiger partial charge < -0.3 is 38.5 Å². The first-order chi connectivity index (χ1) is 26.4. The molecule has 24 nitrogen and oxygen atoms in total. The van der Waals surface area contributed by atoms with Crippen molar-refractivity contribution < 1.29 is 98.2 Å². The number of ether oxygens (including phenoxy) is 1. The van der Waals surface area contributed by atoms with E-state index in [2.05, 4.69) is 29.7 Å². The zero-order valence-corrected chi connectivity index (χ0v) is 32.4. The summed E-state index contributed by atoms with van der Waals surface area (Å²) in [6.07, 6.45) is 0. The molecule has 1 unspecified atom stereocenters. The Labute approximate surface area is 337 Å². The van der Waals surface area contributed by atoms with Gasteiger partial charge in [-0.15, -0.1) is 5.11 Å². The van der Waals surface area contributed by atoms with Crippen LogP contribution in [0, 0.1) is 0 Å². The molecular formula is C29H18CuN6O18S4-4. The summed E-state index contributed by atoms with van der Waals surface area (Å²) in [6, 6.07) is 6.83. The molecule has 311 valence electrons. The first-order valence-electron chi connectivity index (χ1n) is 14.9. The molecule has 1 aliphatic rings. The van der Waals surface area contributed by atoms with Crippen molar-refractivity contribution in [3.63, 3.8) is 0 Å². The fourth-order valence-corrected chi connectivity index (χ4v) is 7.66. The molecule has 4 aromatic carbocycles. The van der Waals surface area contributed by atoms with Crippen LogP contribution >= 0.6 is 0 Å². The van der Waals surface area contributed by atoms with Gasteiger partial charge in [0.1, 0.15) is 36.6 Å². The summed E-state index contributed by atoms with van der Waals surface area (Å²) in [4.78, 5) is 22.2. The molecule has 0 aromatic heterocycles. The molecule has 0 saturated heterocycles. The number of anilines is 1. The molecule has 4 aromatic rings. The third kappa shape index (κ3) is 9.96. The van der Waals surface area contributed by atoms with E-state index in [0.29, 0.717) is 17.1 Å². The Balaban J connectivity index is 0.00000744. The Morgan fingerprint density at radius 2 is 1.50 bits per heavy atom. The molecule has 0 saturated carbocycles. The average molecular weight is 930 g/mol. The SMILES string of the molecule is COc1cc(N=Nc2c(S(=O)(=O)[O-])cc3ccc(N=NC4C(=O)N(c5ccc(S(=O)(=O)[O-])cc5)N=C4C(=O)[O-])cc3c2[O-])c([O-])cc1S(=O)(=O)CCOS(=O)(=O)[O-].[Cu+2]. The van der Waals surface area contributed by atoms with Crippen LogP contribution < -0.4 is 25.1 Å². The van der Waals surface area contributed by atoms with Crippen molar-refractivity contribution in [1.82, 2.24) is 0 Å². The second-order valence-corrected chi connectivity index (χ2v) is 17.0. The van der Waals surface area contributed by atoms with Gasteiger partial charge in [-0.05, 0) is 59.3 Å². The van der Waals surface area contributed by atoms with Gasteiger partial charge in [-0.1, -0.05) is 17.6 Å². The average Bonchev–Trinajstić information content (AvgIpc) is 3.45. The number of fused-ring (bicyclic) bond motifs is 1. The largest absolute Gasteiger partial charge is 2.00 e. The number of carboxylic acids is 1. The minimum Gasteiger partial charge on any atom is -0.871 e. The van der Waals surface area contributed by atoms with Crippen molar-refractivity contribution in [3.05, 3.63) is 60.7 Å². The minimum atomic E-state index is -5.48. The van der Waals surface area contributed by atoms with Crippen molar-refractivity contribution in [2.24, 2.45) is 25.6 Å². The summed E-state index contributed by atoms with van der Waals surface area (Å²) in [7, 11) is -19.2. The van der Waals surface area contributed by atoms with Gasteiger partial charge in [0.15, 0.2) is 15.9 Å². The van der Waals surface area contributed by atoms with Crippen LogP contribution in [0.15, 0.2) is 101 Å². The number of carbonyl (C=O) groups is 2. The predicted molar refractivity (Wildman–Crippen MR) is 178 cm³/mol. The number of rotatable bonds is 14. The first-order valence-corrected chi connectivity index (χ1v) is 20.7. The summed E-state index contributed by atoms with van der Waals surface area (Å²) in [5.74, 6) is -7.21. The van der Waals surface area contributed by atoms with E-state index in [4.69, 9.17) is 4.74 Å². The quantitative estimate of drug-likeness (QED) is 0.0638. The third-order valence-electron chi connectivity index (χ3n) is 7.48. The minimum absolute atomic E-state index is 0. The molecule has 0 N–H and O–H groups in total. The number of hydrogen-bond donors (Lipinski definition) is 0. The molecule has 0 bridgehead atoms. The normalized spacial score (nSPS) is 15.2. The van der Waals surface area contributed by atoms with Crippen LogP contribution in [0.1, 0.15) is 0 Å². The molecule has 0 spiro atoms. The van der Waals surface area contributed by atoms with Crippen LogP contribution in [0.3, 0.4) is 0 Å². The molecular weight excluding hydrogens is 912 g/mol. The fourth-order valence-electron chi connectivity index (χ4n) is 4.90. The number of aliphatic carboxylic acids is 1. The number of carboxylic acid groups (broad SMARTS) is 1. The maximum atomic E-state index is 13.6. The van der Waals surface area contributed by atoms with E-state index in [9.17, 15) is 72.2 Å². The van der Waals surface area contributed by atoms with Gasteiger partial charge in [0.25, 0.3) is 5.91 Å². The van der Waals surface area contributed by atoms with Crippen LogP contribution in [-0.2, 0) is 71.3 Å². The fraction of sp³-hybridized carbons (Fsp3) is 0.138. The molecule has 1 amide bonds. The van der Waals surface area contributed by atoms with E-state index in [1.54, 1.807) is 0 Å². The number of methoxy groups -OCH3 is 1. The molecule has 1 aliphatic heterocycles. The number of azo groups is 2. The number of sulfone groups is 1. The number of benzene rings is 4. The second kappa shape index (κ2) is 16.8. The topological polar surface area (TPSA) is 393 Å². The maximum absolute atomic E-state index is 13.6. The number of hydrazone groups is 1. The van der Waals surface area contributed by atoms with Crippen molar-refractivity contribution in [1.29, 1.82) is 0 Å². The monoisotopic (exact) mass is 929 g/mol. The van der Waals surface area contributed by atoms with E-state index in [1.807, 2.05) is 0 Å². The number of amides is 1. The third-order valence-corrected chi connectivity index (χ3v) is 11.3. The van der Waals surface area contributed by atoms with Gasteiger partial charge in [-0.2, -0.15) is 25.5 Å². The summed E-state index contributed by atoms with van der Waals surface area (Å²) in [5.41, 5.74) is -3.22. The van der Waals surface area contributed by atoms with Crippen LogP contribution in [0.25, 0.3) is 10.8 Å². The molecule has 0 aliphatic carbocycles. The standard InChI is InChI=1S/C29H24N6O18S4.Cu/c1-52-21-12-19(20(36)13-22(21)54(41,42)9-8-53-57(49,50)51)31-32-24-23(56(46,47)48)10-14-2-3-15(11-18(14)27(24)37)30-33-25-26(29(39)40)34-35(28(25)38)16-4-6-17(7-5-16)55(43,44)45;/h2-7,10-13,25,36-37H,8-9H2,1H3,(H,39,40)(H,43,44,45)(H,46,47,48)(H,49,50,51);/q;+2/p-6. The smallest absolute Gasteiger partial charge is 0.871 e. The molecule has 29 heteroatoms. The molecule has 1 radical (unpaired) electrons. The number of carbonyl (C=O) groups excluding carboxylic acids is 2. The number of hydrogen-bond acceptors (Lipinski definition) is 23. The summed E-state index contributed by atoms with van der Waals surface area (Å²) in [5, 5.41) is 56.2. The molecule has 1 atom stereocenters. The maximum Gasteiger partial charge on any atom is 2.00 e. The van der Waals surface area contributed by atoms with Crippen molar-refractivity contribution >= 4 is 91.6 Å². The Morgan fingerprint density at radius 3 is 2.07 bits per heavy atom. The van der Waals surface area contributed by atoms with Crippen molar-refractivity contribution in [2.45, 2.75) is 20.7 Å². The van der Waals surface area contributed by atoms with Gasteiger partial charge in [-0.3, -0.25) is 8.98 Å². The Kier molecular flexibility index (Phi) is 13.1. The van der Waals surface area contributed by atoms with Gasteiger partial charge in [0, 0.05) is 6.07 Å². The van der Waals surface area contributed by atoms with Crippen LogP contribution in [-0.4, -0.2) is 90.4 Å². The second-order valence-electron chi connectivity index (χ2n) is 11.1. The molecule has 5 rings (SSSR count). The van der Waals surface area contributed by atoms with Crippen LogP contribution in [0.4, 0.5) is 22.7 Å². The van der Waals surface area contributed by atoms with Crippen molar-refractivity contribution in [2.75, 3.05) is 24.5 Å². The van der Waals surface area contributed by atoms with E-state index in [0.717, 1.165) is 55.6 Å². The summed E-state index contributed by atoms with van der Waals surface area (Å²) < 4.78 is 136. The van der Waals surface area contributed by atoms with Gasteiger partial charge in [0.05, 0.1) is 58.0 Å². The number of nitrogens with zero attached hydrogens (tertiary/aromatic N) is 6. The van der Waals surface area contributed by atoms with Gasteiger partial charge in [-0.25, -0.2) is 33.7 Å². The Hall–Kier alpha value is -5.49. The zero-order chi connectivity index (χ0) is 42.2. The summed E-state index contributed by atoms with van der Waals surface area (Å²) in [6.45, 7) is -1.11. The molecule has 1 heterocycles. The van der Waals surface area contributed by atoms with Crippen LogP contribution in [0.5, 0.6) is 17.2 Å². The summed E-state index contributed by atoms with van der Waals surface area (Å²) >= 11 is 0. The van der Waals surface area contributed by atoms with E-state index in [1.165, 1.54) is 0 Å². The first kappa shape index (κ1) is 45.2. The van der Waals surface area contributed by atoms with E-state index >= 15 is 0 Å².